The van der Waals surface area contributed by atoms with E-state index in [4.69, 9.17) is 5.73 Å². The van der Waals surface area contributed by atoms with Crippen molar-refractivity contribution in [3.63, 3.8) is 0 Å². The standard InChI is InChI=1S/C11H12N4/c1-2-8-6-14-10(7-13-8)9-4-3-5-11(12)15-9/h3-7H,2H2,1H3,(H2,12,15). The van der Waals surface area contributed by atoms with Gasteiger partial charge in [0.2, 0.25) is 0 Å². The van der Waals surface area contributed by atoms with Crippen LogP contribution < -0.4 is 5.73 Å². The first kappa shape index (κ1) is 9.58. The van der Waals surface area contributed by atoms with Crippen molar-refractivity contribution in [1.29, 1.82) is 0 Å². The van der Waals surface area contributed by atoms with Gasteiger partial charge in [-0.1, -0.05) is 13.0 Å². The fraction of sp³-hybridized carbons (Fsp3) is 0.182. The Kier molecular flexibility index (Phi) is 2.58. The van der Waals surface area contributed by atoms with Gasteiger partial charge in [0.05, 0.1) is 17.6 Å². The van der Waals surface area contributed by atoms with Gasteiger partial charge in [-0.15, -0.1) is 0 Å². The number of hydrogen-bond donors (Lipinski definition) is 1. The molecule has 0 aromatic carbocycles. The lowest BCUT2D eigenvalue weighted by molar-refractivity contribution is 1.000. The van der Waals surface area contributed by atoms with E-state index in [2.05, 4.69) is 15.0 Å². The molecule has 0 unspecified atom stereocenters. The lowest BCUT2D eigenvalue weighted by atomic mass is 10.2. The van der Waals surface area contributed by atoms with Gasteiger partial charge in [-0.2, -0.15) is 0 Å². The first-order valence-corrected chi connectivity index (χ1v) is 4.83. The van der Waals surface area contributed by atoms with Crippen LogP contribution in [0.15, 0.2) is 30.6 Å². The monoisotopic (exact) mass is 200 g/mol. The van der Waals surface area contributed by atoms with E-state index in [9.17, 15) is 0 Å². The molecular weight excluding hydrogens is 188 g/mol. The van der Waals surface area contributed by atoms with Crippen molar-refractivity contribution < 1.29 is 0 Å². The number of nitrogens with zero attached hydrogens (tertiary/aromatic N) is 3. The topological polar surface area (TPSA) is 64.7 Å². The first-order chi connectivity index (χ1) is 7.29. The minimum atomic E-state index is 0.494. The van der Waals surface area contributed by atoms with Crippen LogP contribution in [0.2, 0.25) is 0 Å². The Balaban J connectivity index is 2.37. The smallest absolute Gasteiger partial charge is 0.124 e. The Morgan fingerprint density at radius 3 is 2.60 bits per heavy atom. The minimum Gasteiger partial charge on any atom is -0.384 e. The van der Waals surface area contributed by atoms with Gasteiger partial charge in [-0.3, -0.25) is 9.97 Å². The van der Waals surface area contributed by atoms with Crippen molar-refractivity contribution in [3.8, 4) is 11.4 Å². The lowest BCUT2D eigenvalue weighted by Crippen LogP contribution is -1.95. The maximum Gasteiger partial charge on any atom is 0.124 e. The molecule has 0 aliphatic carbocycles. The van der Waals surface area contributed by atoms with E-state index >= 15 is 0 Å². The summed E-state index contributed by atoms with van der Waals surface area (Å²) < 4.78 is 0. The fourth-order valence-electron chi connectivity index (χ4n) is 1.26. The Bertz CT molecular complexity index is 450. The Hall–Kier alpha value is -1.97. The summed E-state index contributed by atoms with van der Waals surface area (Å²) in [5.74, 6) is 0.494. The number of nitrogen functional groups attached to an aromatic ring is 1. The molecule has 0 fully saturated rings. The average Bonchev–Trinajstić information content (AvgIpc) is 2.29. The van der Waals surface area contributed by atoms with Gasteiger partial charge in [-0.05, 0) is 18.6 Å². The van der Waals surface area contributed by atoms with Gasteiger partial charge in [-0.25, -0.2) is 4.98 Å². The Morgan fingerprint density at radius 2 is 2.00 bits per heavy atom. The van der Waals surface area contributed by atoms with Crippen molar-refractivity contribution in [2.75, 3.05) is 5.73 Å². The van der Waals surface area contributed by atoms with Crippen LogP contribution in [0, 0.1) is 0 Å². The Labute approximate surface area is 88.2 Å². The summed E-state index contributed by atoms with van der Waals surface area (Å²) in [6.45, 7) is 2.04. The van der Waals surface area contributed by atoms with E-state index in [1.165, 1.54) is 0 Å². The number of nitrogens with two attached hydrogens (primary N) is 1. The third-order valence-corrected chi connectivity index (χ3v) is 2.10. The quantitative estimate of drug-likeness (QED) is 0.801. The highest BCUT2D eigenvalue weighted by Gasteiger charge is 2.01. The van der Waals surface area contributed by atoms with Crippen molar-refractivity contribution in [2.24, 2.45) is 0 Å². The molecule has 2 N–H and O–H groups in total. The Morgan fingerprint density at radius 1 is 1.13 bits per heavy atom. The zero-order valence-corrected chi connectivity index (χ0v) is 8.51. The normalized spacial score (nSPS) is 10.2. The first-order valence-electron chi connectivity index (χ1n) is 4.83. The van der Waals surface area contributed by atoms with Crippen LogP contribution in [0.25, 0.3) is 11.4 Å². The number of pyridine rings is 1. The largest absolute Gasteiger partial charge is 0.384 e. The number of hydrogen-bond acceptors (Lipinski definition) is 4. The zero-order chi connectivity index (χ0) is 10.7. The summed E-state index contributed by atoms with van der Waals surface area (Å²) in [5.41, 5.74) is 8.07. The highest BCUT2D eigenvalue weighted by atomic mass is 14.9. The highest BCUT2D eigenvalue weighted by molar-refractivity contribution is 5.54. The molecule has 4 nitrogen and oxygen atoms in total. The molecule has 0 bridgehead atoms. The van der Waals surface area contributed by atoms with Crippen molar-refractivity contribution in [3.05, 3.63) is 36.3 Å². The summed E-state index contributed by atoms with van der Waals surface area (Å²) in [6.07, 6.45) is 4.37. The highest BCUT2D eigenvalue weighted by Crippen LogP contribution is 2.14. The molecule has 0 spiro atoms. The molecule has 2 rings (SSSR count). The van der Waals surface area contributed by atoms with Gasteiger partial charge < -0.3 is 5.73 Å². The van der Waals surface area contributed by atoms with Crippen molar-refractivity contribution in [2.45, 2.75) is 13.3 Å². The van der Waals surface area contributed by atoms with Crippen molar-refractivity contribution in [1.82, 2.24) is 15.0 Å². The third-order valence-electron chi connectivity index (χ3n) is 2.10. The van der Waals surface area contributed by atoms with Crippen LogP contribution in [0.5, 0.6) is 0 Å². The summed E-state index contributed by atoms with van der Waals surface area (Å²) in [4.78, 5) is 12.7. The van der Waals surface area contributed by atoms with E-state index in [0.29, 0.717) is 5.82 Å². The molecule has 0 aliphatic heterocycles. The van der Waals surface area contributed by atoms with Gasteiger partial charge >= 0.3 is 0 Å². The predicted octanol–water partition coefficient (Wildman–Crippen LogP) is 1.68. The van der Waals surface area contributed by atoms with Crippen LogP contribution in [0.1, 0.15) is 12.6 Å². The van der Waals surface area contributed by atoms with E-state index in [-0.39, 0.29) is 0 Å². The average molecular weight is 200 g/mol. The fourth-order valence-corrected chi connectivity index (χ4v) is 1.26. The van der Waals surface area contributed by atoms with Crippen LogP contribution in [0.3, 0.4) is 0 Å². The number of rotatable bonds is 2. The molecular formula is C11H12N4. The second kappa shape index (κ2) is 4.04. The molecule has 2 heterocycles. The van der Waals surface area contributed by atoms with Gasteiger partial charge in [0.25, 0.3) is 0 Å². The van der Waals surface area contributed by atoms with E-state index in [0.717, 1.165) is 23.5 Å². The maximum atomic E-state index is 5.59. The molecule has 0 amide bonds. The lowest BCUT2D eigenvalue weighted by Gasteiger charge is -2.01. The summed E-state index contributed by atoms with van der Waals surface area (Å²) in [7, 11) is 0. The number of aromatic nitrogens is 3. The number of anilines is 1. The molecule has 0 saturated carbocycles. The van der Waals surface area contributed by atoms with Gasteiger partial charge in [0.15, 0.2) is 0 Å². The van der Waals surface area contributed by atoms with Crippen molar-refractivity contribution >= 4 is 5.82 Å². The molecule has 2 aromatic heterocycles. The molecule has 0 radical (unpaired) electrons. The number of aryl methyl sites for hydroxylation is 1. The predicted molar refractivity (Wildman–Crippen MR) is 59.1 cm³/mol. The zero-order valence-electron chi connectivity index (χ0n) is 8.51. The third kappa shape index (κ3) is 2.10. The van der Waals surface area contributed by atoms with Crippen LogP contribution in [-0.2, 0) is 6.42 Å². The molecule has 0 saturated heterocycles. The SMILES string of the molecule is CCc1cnc(-c2cccc(N)n2)cn1. The molecule has 0 aliphatic rings. The summed E-state index contributed by atoms with van der Waals surface area (Å²) >= 11 is 0. The van der Waals surface area contributed by atoms with E-state index in [1.54, 1.807) is 18.5 Å². The molecule has 2 aromatic rings. The van der Waals surface area contributed by atoms with Crippen LogP contribution >= 0.6 is 0 Å². The summed E-state index contributed by atoms with van der Waals surface area (Å²) in [5, 5.41) is 0. The van der Waals surface area contributed by atoms with E-state index in [1.807, 2.05) is 19.1 Å². The summed E-state index contributed by atoms with van der Waals surface area (Å²) in [6, 6.07) is 5.47. The van der Waals surface area contributed by atoms with Gasteiger partial charge in [0.1, 0.15) is 11.5 Å². The molecule has 4 heteroatoms. The van der Waals surface area contributed by atoms with Crippen LogP contribution in [-0.4, -0.2) is 15.0 Å². The molecule has 76 valence electrons. The maximum absolute atomic E-state index is 5.59. The minimum absolute atomic E-state index is 0.494. The van der Waals surface area contributed by atoms with E-state index < -0.39 is 0 Å². The van der Waals surface area contributed by atoms with Gasteiger partial charge in [0, 0.05) is 6.20 Å². The second-order valence-corrected chi connectivity index (χ2v) is 3.19. The molecule has 15 heavy (non-hydrogen) atoms. The molecule has 0 atom stereocenters. The van der Waals surface area contributed by atoms with Crippen LogP contribution in [0.4, 0.5) is 5.82 Å². The second-order valence-electron chi connectivity index (χ2n) is 3.19.